The summed E-state index contributed by atoms with van der Waals surface area (Å²) in [5.41, 5.74) is 2.33. The van der Waals surface area contributed by atoms with Crippen LogP contribution in [0.25, 0.3) is 10.8 Å². The predicted molar refractivity (Wildman–Crippen MR) is 81.0 cm³/mol. The lowest BCUT2D eigenvalue weighted by atomic mass is 9.88. The molecule has 1 aromatic carbocycles. The van der Waals surface area contributed by atoms with Crippen LogP contribution < -0.4 is 5.56 Å². The number of phenolic OH excluding ortho intramolecular Hbond substituents is 1. The Kier molecular flexibility index (Phi) is 3.00. The Hall–Kier alpha value is -1.81. The van der Waals surface area contributed by atoms with Crippen molar-refractivity contribution in [1.82, 2.24) is 4.98 Å². The van der Waals surface area contributed by atoms with E-state index < -0.39 is 0 Å². The van der Waals surface area contributed by atoms with E-state index in [1.165, 1.54) is 18.4 Å². The molecule has 0 bridgehead atoms. The first kappa shape index (κ1) is 12.9. The molecule has 1 saturated heterocycles. The zero-order chi connectivity index (χ0) is 14.4. The van der Waals surface area contributed by atoms with E-state index in [-0.39, 0.29) is 11.3 Å². The molecule has 1 saturated carbocycles. The van der Waals surface area contributed by atoms with Gasteiger partial charge in [-0.25, -0.2) is 0 Å². The number of ether oxygens (including phenoxy) is 1. The number of aromatic nitrogens is 1. The smallest absolute Gasteiger partial charge is 0.256 e. The van der Waals surface area contributed by atoms with E-state index in [9.17, 15) is 9.90 Å². The molecule has 0 unspecified atom stereocenters. The molecule has 2 fully saturated rings. The molecule has 2 aromatic rings. The van der Waals surface area contributed by atoms with Crippen LogP contribution in [-0.2, 0) is 4.74 Å². The summed E-state index contributed by atoms with van der Waals surface area (Å²) in [6, 6.07) is 5.16. The van der Waals surface area contributed by atoms with Gasteiger partial charge in [0.05, 0.1) is 5.39 Å². The molecule has 110 valence electrons. The second-order valence-electron chi connectivity index (χ2n) is 6.17. The van der Waals surface area contributed by atoms with Crippen LogP contribution in [0.15, 0.2) is 23.0 Å². The van der Waals surface area contributed by atoms with E-state index in [2.05, 4.69) is 4.98 Å². The van der Waals surface area contributed by atoms with Crippen molar-refractivity contribution in [2.75, 3.05) is 13.2 Å². The van der Waals surface area contributed by atoms with Crippen molar-refractivity contribution in [3.8, 4) is 5.75 Å². The number of phenols is 1. The summed E-state index contributed by atoms with van der Waals surface area (Å²) in [4.78, 5) is 15.5. The minimum Gasteiger partial charge on any atom is -0.508 e. The SMILES string of the molecule is O=c1[nH]c(C2CCOCC2)c(C2CC2)c2ccc(O)cc12. The number of pyridine rings is 1. The zero-order valence-electron chi connectivity index (χ0n) is 11.9. The maximum atomic E-state index is 12.4. The molecule has 2 aliphatic rings. The van der Waals surface area contributed by atoms with Crippen molar-refractivity contribution in [3.05, 3.63) is 39.8 Å². The van der Waals surface area contributed by atoms with Gasteiger partial charge in [0.25, 0.3) is 5.56 Å². The van der Waals surface area contributed by atoms with Crippen molar-refractivity contribution < 1.29 is 9.84 Å². The number of hydrogen-bond acceptors (Lipinski definition) is 3. The maximum Gasteiger partial charge on any atom is 0.256 e. The number of aromatic amines is 1. The van der Waals surface area contributed by atoms with Crippen molar-refractivity contribution in [2.24, 2.45) is 0 Å². The van der Waals surface area contributed by atoms with Gasteiger partial charge in [-0.15, -0.1) is 0 Å². The molecule has 2 N–H and O–H groups in total. The molecule has 0 amide bonds. The number of benzene rings is 1. The van der Waals surface area contributed by atoms with E-state index in [1.54, 1.807) is 12.1 Å². The first-order valence-corrected chi connectivity index (χ1v) is 7.70. The first-order valence-electron chi connectivity index (χ1n) is 7.70. The Bertz CT molecular complexity index is 740. The summed E-state index contributed by atoms with van der Waals surface area (Å²) < 4.78 is 5.45. The Labute approximate surface area is 122 Å². The lowest BCUT2D eigenvalue weighted by Crippen LogP contribution is -2.21. The number of aromatic hydroxyl groups is 1. The lowest BCUT2D eigenvalue weighted by Gasteiger charge is -2.25. The fourth-order valence-electron chi connectivity index (χ4n) is 3.48. The second-order valence-corrected chi connectivity index (χ2v) is 6.17. The molecule has 21 heavy (non-hydrogen) atoms. The van der Waals surface area contributed by atoms with Crippen molar-refractivity contribution in [3.63, 3.8) is 0 Å². The van der Waals surface area contributed by atoms with Crippen LogP contribution in [0.2, 0.25) is 0 Å². The van der Waals surface area contributed by atoms with Crippen LogP contribution in [-0.4, -0.2) is 23.3 Å². The molecule has 0 radical (unpaired) electrons. The summed E-state index contributed by atoms with van der Waals surface area (Å²) >= 11 is 0. The third-order valence-electron chi connectivity index (χ3n) is 4.69. The number of hydrogen-bond donors (Lipinski definition) is 2. The maximum absolute atomic E-state index is 12.4. The summed E-state index contributed by atoms with van der Waals surface area (Å²) in [7, 11) is 0. The molecule has 4 heteroatoms. The van der Waals surface area contributed by atoms with Gasteiger partial charge in [0.1, 0.15) is 5.75 Å². The Morgan fingerprint density at radius 1 is 1.05 bits per heavy atom. The number of fused-ring (bicyclic) bond motifs is 1. The first-order chi connectivity index (χ1) is 10.2. The van der Waals surface area contributed by atoms with Crippen LogP contribution >= 0.6 is 0 Å². The fraction of sp³-hybridized carbons (Fsp3) is 0.471. The zero-order valence-corrected chi connectivity index (χ0v) is 11.9. The third-order valence-corrected chi connectivity index (χ3v) is 4.69. The van der Waals surface area contributed by atoms with Gasteiger partial charge in [0, 0.05) is 24.8 Å². The average molecular weight is 285 g/mol. The predicted octanol–water partition coefficient (Wildman–Crippen LogP) is 3.01. The van der Waals surface area contributed by atoms with Crippen LogP contribution in [0, 0.1) is 0 Å². The number of H-pyrrole nitrogens is 1. The Morgan fingerprint density at radius 2 is 1.81 bits per heavy atom. The van der Waals surface area contributed by atoms with E-state index in [0.717, 1.165) is 37.1 Å². The summed E-state index contributed by atoms with van der Waals surface area (Å²) in [5.74, 6) is 1.10. The van der Waals surface area contributed by atoms with E-state index in [0.29, 0.717) is 17.2 Å². The highest BCUT2D eigenvalue weighted by molar-refractivity contribution is 5.87. The average Bonchev–Trinajstić information content (AvgIpc) is 3.33. The van der Waals surface area contributed by atoms with Gasteiger partial charge < -0.3 is 14.8 Å². The highest BCUT2D eigenvalue weighted by atomic mass is 16.5. The number of rotatable bonds is 2. The summed E-state index contributed by atoms with van der Waals surface area (Å²) in [6.07, 6.45) is 4.33. The van der Waals surface area contributed by atoms with Gasteiger partial charge in [-0.1, -0.05) is 6.07 Å². The second kappa shape index (κ2) is 4.88. The van der Waals surface area contributed by atoms with E-state index in [4.69, 9.17) is 4.74 Å². The van der Waals surface area contributed by atoms with Crippen LogP contribution in [0.1, 0.15) is 48.8 Å². The molecule has 1 aromatic heterocycles. The van der Waals surface area contributed by atoms with Gasteiger partial charge in [0.15, 0.2) is 0 Å². The van der Waals surface area contributed by atoms with Gasteiger partial charge in [-0.05, 0) is 54.7 Å². The molecule has 0 spiro atoms. The standard InChI is InChI=1S/C17H19NO3/c19-12-3-4-13-14(9-12)17(20)18-16(15(13)10-1-2-10)11-5-7-21-8-6-11/h3-4,9-11,19H,1-2,5-8H2,(H,18,20). The van der Waals surface area contributed by atoms with Gasteiger partial charge >= 0.3 is 0 Å². The molecular formula is C17H19NO3. The molecule has 4 rings (SSSR count). The van der Waals surface area contributed by atoms with Gasteiger partial charge in [-0.2, -0.15) is 0 Å². The number of nitrogens with one attached hydrogen (secondary N) is 1. The molecular weight excluding hydrogens is 266 g/mol. The van der Waals surface area contributed by atoms with Crippen LogP contribution in [0.4, 0.5) is 0 Å². The highest BCUT2D eigenvalue weighted by Crippen LogP contribution is 2.46. The normalized spacial score (nSPS) is 20.0. The largest absolute Gasteiger partial charge is 0.508 e. The highest BCUT2D eigenvalue weighted by Gasteiger charge is 2.32. The third kappa shape index (κ3) is 2.23. The Morgan fingerprint density at radius 3 is 2.52 bits per heavy atom. The van der Waals surface area contributed by atoms with Crippen molar-refractivity contribution in [2.45, 2.75) is 37.5 Å². The van der Waals surface area contributed by atoms with Crippen LogP contribution in [0.3, 0.4) is 0 Å². The summed E-state index contributed by atoms with van der Waals surface area (Å²) in [5, 5.41) is 11.3. The lowest BCUT2D eigenvalue weighted by molar-refractivity contribution is 0.0843. The summed E-state index contributed by atoms with van der Waals surface area (Å²) in [6.45, 7) is 1.54. The van der Waals surface area contributed by atoms with Crippen molar-refractivity contribution in [1.29, 1.82) is 0 Å². The van der Waals surface area contributed by atoms with Crippen molar-refractivity contribution >= 4 is 10.8 Å². The minimum absolute atomic E-state index is 0.0909. The molecule has 1 aliphatic carbocycles. The molecule has 4 nitrogen and oxygen atoms in total. The van der Waals surface area contributed by atoms with E-state index in [1.807, 2.05) is 6.07 Å². The topological polar surface area (TPSA) is 62.3 Å². The monoisotopic (exact) mass is 285 g/mol. The van der Waals surface area contributed by atoms with E-state index >= 15 is 0 Å². The quantitative estimate of drug-likeness (QED) is 0.891. The molecule has 0 atom stereocenters. The Balaban J connectivity index is 1.95. The molecule has 1 aliphatic heterocycles. The van der Waals surface area contributed by atoms with Crippen LogP contribution in [0.5, 0.6) is 5.75 Å². The minimum atomic E-state index is -0.0909. The van der Waals surface area contributed by atoms with Gasteiger partial charge in [-0.3, -0.25) is 4.79 Å². The fourth-order valence-corrected chi connectivity index (χ4v) is 3.48. The van der Waals surface area contributed by atoms with Gasteiger partial charge in [0.2, 0.25) is 0 Å². The molecule has 2 heterocycles.